The molecule has 4 aromatic rings. The SMILES string of the molecule is CC(NC(=O)c1nnn(Cc2ccccc2)c1-n1cccc1)c1ccccn1. The summed E-state index contributed by atoms with van der Waals surface area (Å²) in [5.74, 6) is 0.334. The third-order valence-electron chi connectivity index (χ3n) is 4.43. The van der Waals surface area contributed by atoms with Crippen LogP contribution in [0.15, 0.2) is 79.3 Å². The van der Waals surface area contributed by atoms with Crippen LogP contribution in [0, 0.1) is 0 Å². The minimum Gasteiger partial charge on any atom is -0.342 e. The summed E-state index contributed by atoms with van der Waals surface area (Å²) in [6, 6.07) is 19.1. The van der Waals surface area contributed by atoms with Crippen LogP contribution < -0.4 is 5.32 Å². The summed E-state index contributed by atoms with van der Waals surface area (Å²) in [5.41, 5.74) is 2.14. The number of carbonyl (C=O) groups excluding carboxylic acids is 1. The maximum absolute atomic E-state index is 12.9. The summed E-state index contributed by atoms with van der Waals surface area (Å²) in [6.07, 6.45) is 5.46. The van der Waals surface area contributed by atoms with Crippen LogP contribution in [0.4, 0.5) is 0 Å². The number of rotatable bonds is 6. The number of pyridine rings is 1. The lowest BCUT2D eigenvalue weighted by Crippen LogP contribution is -2.28. The number of aromatic nitrogens is 5. The Morgan fingerprint density at radius 2 is 1.79 bits per heavy atom. The van der Waals surface area contributed by atoms with Gasteiger partial charge in [0.15, 0.2) is 11.5 Å². The number of nitrogens with one attached hydrogen (secondary N) is 1. The molecule has 0 saturated carbocycles. The summed E-state index contributed by atoms with van der Waals surface area (Å²) in [5, 5.41) is 11.4. The Bertz CT molecular complexity index is 1040. The fourth-order valence-corrected chi connectivity index (χ4v) is 3.02. The van der Waals surface area contributed by atoms with Gasteiger partial charge in [0, 0.05) is 18.6 Å². The fraction of sp³-hybridized carbons (Fsp3) is 0.143. The number of benzene rings is 1. The van der Waals surface area contributed by atoms with Crippen molar-refractivity contribution in [3.8, 4) is 5.82 Å². The largest absolute Gasteiger partial charge is 0.342 e. The smallest absolute Gasteiger partial charge is 0.276 e. The highest BCUT2D eigenvalue weighted by Gasteiger charge is 2.23. The monoisotopic (exact) mass is 372 g/mol. The molecule has 1 amide bonds. The molecular formula is C21H20N6O. The zero-order valence-corrected chi connectivity index (χ0v) is 15.4. The van der Waals surface area contributed by atoms with E-state index >= 15 is 0 Å². The molecule has 0 aliphatic heterocycles. The van der Waals surface area contributed by atoms with Gasteiger partial charge in [-0.15, -0.1) is 5.10 Å². The summed E-state index contributed by atoms with van der Waals surface area (Å²) in [7, 11) is 0. The fourth-order valence-electron chi connectivity index (χ4n) is 3.02. The van der Waals surface area contributed by atoms with Crippen molar-refractivity contribution in [2.24, 2.45) is 0 Å². The first-order valence-corrected chi connectivity index (χ1v) is 9.05. The normalized spacial score (nSPS) is 11.9. The van der Waals surface area contributed by atoms with Crippen molar-refractivity contribution in [2.75, 3.05) is 0 Å². The number of amides is 1. The molecule has 3 aromatic heterocycles. The molecule has 7 nitrogen and oxygen atoms in total. The van der Waals surface area contributed by atoms with Gasteiger partial charge in [0.2, 0.25) is 0 Å². The van der Waals surface area contributed by atoms with Crippen molar-refractivity contribution in [2.45, 2.75) is 19.5 Å². The molecule has 0 radical (unpaired) electrons. The highest BCUT2D eigenvalue weighted by Crippen LogP contribution is 2.16. The van der Waals surface area contributed by atoms with Gasteiger partial charge in [0.05, 0.1) is 18.3 Å². The average Bonchev–Trinajstić information content (AvgIpc) is 3.39. The van der Waals surface area contributed by atoms with Crippen LogP contribution in [-0.2, 0) is 6.54 Å². The van der Waals surface area contributed by atoms with E-state index in [0.717, 1.165) is 11.3 Å². The number of carbonyl (C=O) groups is 1. The second kappa shape index (κ2) is 7.87. The molecule has 4 rings (SSSR count). The summed E-state index contributed by atoms with van der Waals surface area (Å²) in [6.45, 7) is 2.41. The van der Waals surface area contributed by atoms with Gasteiger partial charge in [-0.3, -0.25) is 9.78 Å². The highest BCUT2D eigenvalue weighted by atomic mass is 16.2. The third-order valence-corrected chi connectivity index (χ3v) is 4.43. The van der Waals surface area contributed by atoms with Gasteiger partial charge in [0.1, 0.15) is 0 Å². The van der Waals surface area contributed by atoms with E-state index in [1.165, 1.54) is 0 Å². The van der Waals surface area contributed by atoms with Gasteiger partial charge in [-0.1, -0.05) is 41.6 Å². The summed E-state index contributed by atoms with van der Waals surface area (Å²) >= 11 is 0. The Labute approximate surface area is 162 Å². The molecule has 140 valence electrons. The molecule has 1 N–H and O–H groups in total. The molecule has 0 bridgehead atoms. The minimum atomic E-state index is -0.291. The van der Waals surface area contributed by atoms with Crippen molar-refractivity contribution in [3.05, 3.63) is 96.2 Å². The van der Waals surface area contributed by atoms with Gasteiger partial charge in [0.25, 0.3) is 5.91 Å². The van der Waals surface area contributed by atoms with Crippen LogP contribution in [0.25, 0.3) is 5.82 Å². The molecule has 0 aliphatic carbocycles. The Kier molecular flexibility index (Phi) is 4.97. The molecule has 1 unspecified atom stereocenters. The van der Waals surface area contributed by atoms with Crippen molar-refractivity contribution in [1.29, 1.82) is 0 Å². The van der Waals surface area contributed by atoms with Gasteiger partial charge in [-0.05, 0) is 36.8 Å². The lowest BCUT2D eigenvalue weighted by atomic mass is 10.2. The van der Waals surface area contributed by atoms with Crippen LogP contribution >= 0.6 is 0 Å². The molecule has 0 spiro atoms. The van der Waals surface area contributed by atoms with Gasteiger partial charge in [-0.25, -0.2) is 4.68 Å². The summed E-state index contributed by atoms with van der Waals surface area (Å²) < 4.78 is 3.58. The van der Waals surface area contributed by atoms with E-state index in [-0.39, 0.29) is 17.6 Å². The predicted octanol–water partition coefficient (Wildman–Crippen LogP) is 3.00. The zero-order valence-electron chi connectivity index (χ0n) is 15.4. The maximum Gasteiger partial charge on any atom is 0.276 e. The van der Waals surface area contributed by atoms with Crippen molar-refractivity contribution >= 4 is 5.91 Å². The van der Waals surface area contributed by atoms with E-state index in [0.29, 0.717) is 12.4 Å². The highest BCUT2D eigenvalue weighted by molar-refractivity contribution is 5.95. The Balaban J connectivity index is 1.64. The lowest BCUT2D eigenvalue weighted by Gasteiger charge is -2.13. The predicted molar refractivity (Wildman–Crippen MR) is 105 cm³/mol. The third kappa shape index (κ3) is 3.68. The molecule has 7 heteroatoms. The van der Waals surface area contributed by atoms with Gasteiger partial charge in [-0.2, -0.15) is 0 Å². The van der Waals surface area contributed by atoms with Crippen LogP contribution in [0.1, 0.15) is 34.7 Å². The van der Waals surface area contributed by atoms with E-state index in [9.17, 15) is 4.79 Å². The average molecular weight is 372 g/mol. The topological polar surface area (TPSA) is 77.6 Å². The van der Waals surface area contributed by atoms with E-state index in [4.69, 9.17) is 0 Å². The van der Waals surface area contributed by atoms with Crippen LogP contribution in [-0.4, -0.2) is 30.5 Å². The Morgan fingerprint density at radius 1 is 1.04 bits per heavy atom. The van der Waals surface area contributed by atoms with Crippen LogP contribution in [0.2, 0.25) is 0 Å². The molecule has 0 saturated heterocycles. The second-order valence-corrected chi connectivity index (χ2v) is 6.44. The zero-order chi connectivity index (χ0) is 19.3. The number of nitrogens with zero attached hydrogens (tertiary/aromatic N) is 5. The number of hydrogen-bond donors (Lipinski definition) is 1. The van der Waals surface area contributed by atoms with E-state index < -0.39 is 0 Å². The quantitative estimate of drug-likeness (QED) is 0.564. The molecule has 0 fully saturated rings. The second-order valence-electron chi connectivity index (χ2n) is 6.44. The molecule has 1 atom stereocenters. The van der Waals surface area contributed by atoms with E-state index in [1.807, 2.05) is 84.5 Å². The maximum atomic E-state index is 12.9. The van der Waals surface area contributed by atoms with E-state index in [2.05, 4.69) is 20.6 Å². The lowest BCUT2D eigenvalue weighted by molar-refractivity contribution is 0.0934. The van der Waals surface area contributed by atoms with Gasteiger partial charge >= 0.3 is 0 Å². The summed E-state index contributed by atoms with van der Waals surface area (Å²) in [4.78, 5) is 17.2. The molecule has 0 aliphatic rings. The molecule has 28 heavy (non-hydrogen) atoms. The van der Waals surface area contributed by atoms with Gasteiger partial charge < -0.3 is 9.88 Å². The Morgan fingerprint density at radius 3 is 2.50 bits per heavy atom. The number of hydrogen-bond acceptors (Lipinski definition) is 4. The first kappa shape index (κ1) is 17.7. The van der Waals surface area contributed by atoms with Crippen molar-refractivity contribution in [1.82, 2.24) is 29.9 Å². The van der Waals surface area contributed by atoms with Crippen LogP contribution in [0.3, 0.4) is 0 Å². The van der Waals surface area contributed by atoms with Crippen LogP contribution in [0.5, 0.6) is 0 Å². The Hall–Kier alpha value is -3.74. The standard InChI is InChI=1S/C21H20N6O/c1-16(18-11-5-6-12-22-18)23-20(28)19-21(26-13-7-8-14-26)27(25-24-19)15-17-9-3-2-4-10-17/h2-14,16H,15H2,1H3,(H,23,28). The molecule has 3 heterocycles. The van der Waals surface area contributed by atoms with Crippen molar-refractivity contribution < 1.29 is 4.79 Å². The first-order valence-electron chi connectivity index (χ1n) is 9.05. The minimum absolute atomic E-state index is 0.245. The van der Waals surface area contributed by atoms with E-state index in [1.54, 1.807) is 10.9 Å². The first-order chi connectivity index (χ1) is 13.7. The molecule has 1 aromatic carbocycles. The molecular weight excluding hydrogens is 352 g/mol. The van der Waals surface area contributed by atoms with Crippen molar-refractivity contribution in [3.63, 3.8) is 0 Å².